The van der Waals surface area contributed by atoms with Gasteiger partial charge in [-0.15, -0.1) is 0 Å². The van der Waals surface area contributed by atoms with Crippen LogP contribution in [0.5, 0.6) is 5.75 Å². The van der Waals surface area contributed by atoms with Crippen molar-refractivity contribution in [3.63, 3.8) is 0 Å². The molecule has 4 heteroatoms. The van der Waals surface area contributed by atoms with Gasteiger partial charge in [-0.05, 0) is 37.1 Å². The van der Waals surface area contributed by atoms with Crippen LogP contribution in [0.2, 0.25) is 0 Å². The van der Waals surface area contributed by atoms with Gasteiger partial charge in [0.25, 0.3) is 0 Å². The summed E-state index contributed by atoms with van der Waals surface area (Å²) in [4.78, 5) is 16.8. The molecule has 1 aliphatic rings. The number of likely N-dealkylation sites (tertiary alicyclic amines) is 1. The Bertz CT molecular complexity index is 624. The predicted octanol–water partition coefficient (Wildman–Crippen LogP) is 2.90. The van der Waals surface area contributed by atoms with Crippen molar-refractivity contribution in [2.24, 2.45) is 0 Å². The first-order valence-electron chi connectivity index (χ1n) is 7.09. The Balaban J connectivity index is 1.79. The van der Waals surface area contributed by atoms with Gasteiger partial charge in [0.2, 0.25) is 5.91 Å². The van der Waals surface area contributed by atoms with Crippen LogP contribution in [0.4, 0.5) is 0 Å². The van der Waals surface area contributed by atoms with Gasteiger partial charge in [0.05, 0.1) is 7.11 Å². The van der Waals surface area contributed by atoms with E-state index in [1.165, 1.54) is 11.1 Å². The van der Waals surface area contributed by atoms with Gasteiger partial charge in [-0.3, -0.25) is 4.79 Å². The van der Waals surface area contributed by atoms with Crippen molar-refractivity contribution in [2.45, 2.75) is 25.7 Å². The second-order valence-electron chi connectivity index (χ2n) is 5.46. The fourth-order valence-corrected chi connectivity index (χ4v) is 2.99. The molecule has 1 amide bonds. The lowest BCUT2D eigenvalue weighted by Gasteiger charge is -2.30. The lowest BCUT2D eigenvalue weighted by atomic mass is 9.93. The van der Waals surface area contributed by atoms with Gasteiger partial charge >= 0.3 is 0 Å². The number of carbonyl (C=O) groups excluding carboxylic acids is 1. The van der Waals surface area contributed by atoms with Gasteiger partial charge in [-0.1, -0.05) is 0 Å². The summed E-state index contributed by atoms with van der Waals surface area (Å²) in [6.45, 7) is 3.37. The molecule has 1 N–H and O–H groups in total. The van der Waals surface area contributed by atoms with E-state index in [1.807, 2.05) is 11.0 Å². The molecule has 4 nitrogen and oxygen atoms in total. The summed E-state index contributed by atoms with van der Waals surface area (Å²) in [5.74, 6) is 1.59. The highest BCUT2D eigenvalue weighted by Gasteiger charge is 2.23. The van der Waals surface area contributed by atoms with Crippen LogP contribution < -0.4 is 4.74 Å². The molecule has 1 aromatic heterocycles. The van der Waals surface area contributed by atoms with E-state index < -0.39 is 0 Å². The van der Waals surface area contributed by atoms with Crippen molar-refractivity contribution in [1.29, 1.82) is 0 Å². The maximum absolute atomic E-state index is 11.4. The van der Waals surface area contributed by atoms with Gasteiger partial charge in [-0.25, -0.2) is 0 Å². The van der Waals surface area contributed by atoms with Gasteiger partial charge in [0, 0.05) is 42.5 Å². The van der Waals surface area contributed by atoms with Crippen molar-refractivity contribution < 1.29 is 9.53 Å². The van der Waals surface area contributed by atoms with Crippen molar-refractivity contribution >= 4 is 16.8 Å². The number of hydrogen-bond acceptors (Lipinski definition) is 2. The zero-order valence-corrected chi connectivity index (χ0v) is 12.0. The van der Waals surface area contributed by atoms with Crippen LogP contribution in [-0.2, 0) is 4.79 Å². The van der Waals surface area contributed by atoms with E-state index in [0.717, 1.165) is 37.2 Å². The standard InChI is InChI=1S/C16H20N2O2/c1-11(19)18-7-5-12(6-8-18)16-10-13-9-14(20-2)3-4-15(13)17-16/h3-4,9-10,12,17H,5-8H2,1-2H3. The number of aromatic nitrogens is 1. The summed E-state index contributed by atoms with van der Waals surface area (Å²) < 4.78 is 5.26. The highest BCUT2D eigenvalue weighted by atomic mass is 16.5. The Morgan fingerprint density at radius 2 is 2.05 bits per heavy atom. The van der Waals surface area contributed by atoms with Crippen molar-refractivity contribution in [3.05, 3.63) is 30.0 Å². The first kappa shape index (κ1) is 13.0. The number of nitrogens with one attached hydrogen (secondary N) is 1. The number of methoxy groups -OCH3 is 1. The van der Waals surface area contributed by atoms with Gasteiger partial charge in [-0.2, -0.15) is 0 Å². The number of carbonyl (C=O) groups is 1. The van der Waals surface area contributed by atoms with E-state index in [4.69, 9.17) is 4.74 Å². The van der Waals surface area contributed by atoms with Crippen LogP contribution in [0.3, 0.4) is 0 Å². The molecule has 0 bridgehead atoms. The maximum atomic E-state index is 11.4. The Hall–Kier alpha value is -1.97. The number of piperidine rings is 1. The van der Waals surface area contributed by atoms with Gasteiger partial charge < -0.3 is 14.6 Å². The quantitative estimate of drug-likeness (QED) is 0.913. The topological polar surface area (TPSA) is 45.3 Å². The first-order valence-corrected chi connectivity index (χ1v) is 7.09. The third-order valence-electron chi connectivity index (χ3n) is 4.23. The van der Waals surface area contributed by atoms with Crippen LogP contribution in [0.1, 0.15) is 31.4 Å². The summed E-state index contributed by atoms with van der Waals surface area (Å²) in [5, 5.41) is 1.19. The average molecular weight is 272 g/mol. The molecule has 0 saturated carbocycles. The molecule has 3 rings (SSSR count). The summed E-state index contributed by atoms with van der Waals surface area (Å²) >= 11 is 0. The van der Waals surface area contributed by atoms with E-state index in [1.54, 1.807) is 14.0 Å². The minimum Gasteiger partial charge on any atom is -0.497 e. The summed E-state index contributed by atoms with van der Waals surface area (Å²) in [5.41, 5.74) is 2.42. The number of fused-ring (bicyclic) bond motifs is 1. The lowest BCUT2D eigenvalue weighted by Crippen LogP contribution is -2.36. The number of rotatable bonds is 2. The van der Waals surface area contributed by atoms with E-state index in [9.17, 15) is 4.79 Å². The normalized spacial score (nSPS) is 16.6. The zero-order valence-electron chi connectivity index (χ0n) is 12.0. The van der Waals surface area contributed by atoms with Crippen LogP contribution in [0.15, 0.2) is 24.3 Å². The van der Waals surface area contributed by atoms with E-state index in [2.05, 4.69) is 23.2 Å². The lowest BCUT2D eigenvalue weighted by molar-refractivity contribution is -0.129. The molecular weight excluding hydrogens is 252 g/mol. The smallest absolute Gasteiger partial charge is 0.219 e. The van der Waals surface area contributed by atoms with Gasteiger partial charge in [0.15, 0.2) is 0 Å². The molecule has 0 radical (unpaired) electrons. The van der Waals surface area contributed by atoms with E-state index in [0.29, 0.717) is 5.92 Å². The second kappa shape index (κ2) is 5.19. The second-order valence-corrected chi connectivity index (χ2v) is 5.46. The SMILES string of the molecule is COc1ccc2[nH]c(C3CCN(C(C)=O)CC3)cc2c1. The molecule has 0 spiro atoms. The highest BCUT2D eigenvalue weighted by molar-refractivity contribution is 5.82. The summed E-state index contributed by atoms with van der Waals surface area (Å²) in [7, 11) is 1.69. The molecule has 2 heterocycles. The number of amides is 1. The Morgan fingerprint density at radius 3 is 2.70 bits per heavy atom. The van der Waals surface area contributed by atoms with Crippen molar-refractivity contribution in [2.75, 3.05) is 20.2 Å². The third kappa shape index (κ3) is 2.38. The number of H-pyrrole nitrogens is 1. The average Bonchev–Trinajstić information content (AvgIpc) is 2.90. The zero-order chi connectivity index (χ0) is 14.1. The molecule has 1 saturated heterocycles. The van der Waals surface area contributed by atoms with E-state index in [-0.39, 0.29) is 5.91 Å². The highest BCUT2D eigenvalue weighted by Crippen LogP contribution is 2.31. The first-order chi connectivity index (χ1) is 9.67. The number of hydrogen-bond donors (Lipinski definition) is 1. The molecule has 0 unspecified atom stereocenters. The molecule has 1 aliphatic heterocycles. The maximum Gasteiger partial charge on any atom is 0.219 e. The van der Waals surface area contributed by atoms with E-state index >= 15 is 0 Å². The molecule has 0 aliphatic carbocycles. The fourth-order valence-electron chi connectivity index (χ4n) is 2.99. The third-order valence-corrected chi connectivity index (χ3v) is 4.23. The molecule has 1 aromatic carbocycles. The number of benzene rings is 1. The molecule has 20 heavy (non-hydrogen) atoms. The minimum atomic E-state index is 0.185. The molecule has 1 fully saturated rings. The van der Waals surface area contributed by atoms with Crippen molar-refractivity contribution in [1.82, 2.24) is 9.88 Å². The largest absolute Gasteiger partial charge is 0.497 e. The van der Waals surface area contributed by atoms with Crippen molar-refractivity contribution in [3.8, 4) is 5.75 Å². The number of nitrogens with zero attached hydrogens (tertiary/aromatic N) is 1. The molecular formula is C16H20N2O2. The molecule has 0 atom stereocenters. The number of ether oxygens (including phenoxy) is 1. The van der Waals surface area contributed by atoms with Crippen LogP contribution >= 0.6 is 0 Å². The fraction of sp³-hybridized carbons (Fsp3) is 0.438. The van der Waals surface area contributed by atoms with Gasteiger partial charge in [0.1, 0.15) is 5.75 Å². The summed E-state index contributed by atoms with van der Waals surface area (Å²) in [6, 6.07) is 8.30. The van der Waals surface area contributed by atoms with Crippen LogP contribution in [0.25, 0.3) is 10.9 Å². The Morgan fingerprint density at radius 1 is 1.30 bits per heavy atom. The predicted molar refractivity (Wildman–Crippen MR) is 79.1 cm³/mol. The minimum absolute atomic E-state index is 0.185. The Kier molecular flexibility index (Phi) is 3.38. The monoisotopic (exact) mass is 272 g/mol. The van der Waals surface area contributed by atoms with Crippen LogP contribution in [0, 0.1) is 0 Å². The van der Waals surface area contributed by atoms with Crippen LogP contribution in [-0.4, -0.2) is 36.0 Å². The number of aromatic amines is 1. The summed E-state index contributed by atoms with van der Waals surface area (Å²) in [6.07, 6.45) is 2.06. The Labute approximate surface area is 118 Å². The molecule has 106 valence electrons. The molecule has 2 aromatic rings.